The van der Waals surface area contributed by atoms with Crippen LogP contribution in [0.2, 0.25) is 0 Å². The molecule has 4 aromatic rings. The van der Waals surface area contributed by atoms with Crippen molar-refractivity contribution in [3.63, 3.8) is 0 Å². The first-order valence-electron chi connectivity index (χ1n) is 12.5. The molecule has 7 rings (SSSR count). The first kappa shape index (κ1) is 22.6. The first-order chi connectivity index (χ1) is 17.8. The summed E-state index contributed by atoms with van der Waals surface area (Å²) in [6.07, 6.45) is 1.28. The van der Waals surface area contributed by atoms with Gasteiger partial charge in [0.2, 0.25) is 0 Å². The molecule has 4 nitrogen and oxygen atoms in total. The van der Waals surface area contributed by atoms with E-state index in [1.54, 1.807) is 0 Å². The average molecular weight is 473 g/mol. The predicted octanol–water partition coefficient (Wildman–Crippen LogP) is 5.89. The molecule has 36 heavy (non-hydrogen) atoms. The van der Waals surface area contributed by atoms with Crippen LogP contribution in [0.25, 0.3) is 0 Å². The molecule has 0 unspecified atom stereocenters. The zero-order valence-electron chi connectivity index (χ0n) is 20.0. The summed E-state index contributed by atoms with van der Waals surface area (Å²) in [6.45, 7) is 0.276. The van der Waals surface area contributed by atoms with Crippen molar-refractivity contribution < 1.29 is 10.2 Å². The van der Waals surface area contributed by atoms with Crippen molar-refractivity contribution in [2.24, 2.45) is 9.98 Å². The summed E-state index contributed by atoms with van der Waals surface area (Å²) in [5, 5.41) is 18.5. The highest BCUT2D eigenvalue weighted by Gasteiger charge is 2.45. The quantitative estimate of drug-likeness (QED) is 0.367. The van der Waals surface area contributed by atoms with E-state index >= 15 is 0 Å². The van der Waals surface area contributed by atoms with Gasteiger partial charge in [-0.2, -0.15) is 0 Å². The molecule has 4 aromatic carbocycles. The number of hydrogen-bond donors (Lipinski definition) is 2. The normalized spacial score (nSPS) is 19.9. The Morgan fingerprint density at radius 3 is 1.11 bits per heavy atom. The van der Waals surface area contributed by atoms with Crippen molar-refractivity contribution in [2.75, 3.05) is 13.2 Å². The summed E-state index contributed by atoms with van der Waals surface area (Å²) in [4.78, 5) is 10.4. The zero-order valence-corrected chi connectivity index (χ0v) is 20.0. The Labute approximate surface area is 211 Å². The van der Waals surface area contributed by atoms with Gasteiger partial charge in [0, 0.05) is 13.2 Å². The fourth-order valence-electron chi connectivity index (χ4n) is 5.55. The molecule has 178 valence electrons. The van der Waals surface area contributed by atoms with Crippen molar-refractivity contribution in [1.82, 2.24) is 0 Å². The Morgan fingerprint density at radius 2 is 0.806 bits per heavy atom. The van der Waals surface area contributed by atoms with Crippen molar-refractivity contribution >= 4 is 22.8 Å². The molecule has 4 heteroatoms. The summed E-state index contributed by atoms with van der Waals surface area (Å²) in [6, 6.07) is 33.6. The summed E-state index contributed by atoms with van der Waals surface area (Å²) >= 11 is 0. The molecule has 3 aliphatic rings. The van der Waals surface area contributed by atoms with E-state index in [4.69, 9.17) is 9.98 Å². The van der Waals surface area contributed by atoms with Crippen LogP contribution in [0.15, 0.2) is 107 Å². The number of aliphatic imine (C=N–C) groups is 2. The van der Waals surface area contributed by atoms with Crippen LogP contribution in [0.4, 0.5) is 11.4 Å². The minimum absolute atomic E-state index is 0.0203. The minimum atomic E-state index is 0.0203. The molecular weight excluding hydrogens is 444 g/mol. The topological polar surface area (TPSA) is 65.2 Å². The highest BCUT2D eigenvalue weighted by molar-refractivity contribution is 6.50. The summed E-state index contributed by atoms with van der Waals surface area (Å²) in [5.74, 6) is 0.0406. The molecule has 0 atom stereocenters. The van der Waals surface area contributed by atoms with Gasteiger partial charge in [0.05, 0.1) is 34.6 Å². The third-order valence-electron chi connectivity index (χ3n) is 7.22. The van der Waals surface area contributed by atoms with Crippen LogP contribution in [-0.2, 0) is 12.8 Å². The molecule has 0 saturated carbocycles. The molecule has 0 radical (unpaired) electrons. The van der Waals surface area contributed by atoms with Gasteiger partial charge in [-0.3, -0.25) is 9.98 Å². The van der Waals surface area contributed by atoms with Gasteiger partial charge < -0.3 is 10.2 Å². The van der Waals surface area contributed by atoms with Crippen LogP contribution < -0.4 is 0 Å². The monoisotopic (exact) mass is 472 g/mol. The fourth-order valence-corrected chi connectivity index (χ4v) is 5.55. The molecule has 0 amide bonds. The van der Waals surface area contributed by atoms with E-state index in [1.165, 1.54) is 22.3 Å². The van der Waals surface area contributed by atoms with Crippen LogP contribution in [0.5, 0.6) is 0 Å². The van der Waals surface area contributed by atoms with Crippen LogP contribution in [0.3, 0.4) is 0 Å². The van der Waals surface area contributed by atoms with E-state index in [2.05, 4.69) is 48.5 Å². The fraction of sp³-hybridized carbons (Fsp3) is 0.188. The number of aliphatic hydroxyl groups excluding tert-OH is 2. The maximum Gasteiger partial charge on any atom is 0.0754 e. The summed E-state index contributed by atoms with van der Waals surface area (Å²) < 4.78 is 0. The standard InChI is InChI=1S/C32H28N2O2/c35-19-17-21-9-13-23(14-10-21)33-31-29-25-5-1-2-6-26(25)30(28-8-4-3-7-27(28)29)32(31)34-24-15-11-22(12-16-24)18-20-36/h1-16,29-30,35-36H,17-20H2. The van der Waals surface area contributed by atoms with Crippen molar-refractivity contribution in [2.45, 2.75) is 24.7 Å². The summed E-state index contributed by atoms with van der Waals surface area (Å²) in [5.41, 5.74) is 11.2. The average Bonchev–Trinajstić information content (AvgIpc) is 2.92. The van der Waals surface area contributed by atoms with Crippen LogP contribution >= 0.6 is 0 Å². The number of rotatable bonds is 6. The third-order valence-corrected chi connectivity index (χ3v) is 7.22. The van der Waals surface area contributed by atoms with Gasteiger partial charge in [-0.15, -0.1) is 0 Å². The second-order valence-electron chi connectivity index (χ2n) is 9.40. The molecular formula is C32H28N2O2. The highest BCUT2D eigenvalue weighted by Crippen LogP contribution is 2.51. The van der Waals surface area contributed by atoms with Crippen LogP contribution in [0, 0.1) is 0 Å². The highest BCUT2D eigenvalue weighted by atomic mass is 16.3. The molecule has 0 aliphatic heterocycles. The lowest BCUT2D eigenvalue weighted by atomic mass is 9.61. The molecule has 2 bridgehead atoms. The minimum Gasteiger partial charge on any atom is -0.396 e. The Hall–Kier alpha value is -3.86. The van der Waals surface area contributed by atoms with E-state index in [0.717, 1.165) is 33.9 Å². The first-order valence-corrected chi connectivity index (χ1v) is 12.5. The lowest BCUT2D eigenvalue weighted by molar-refractivity contribution is 0.299. The van der Waals surface area contributed by atoms with Crippen molar-refractivity contribution in [3.8, 4) is 0 Å². The van der Waals surface area contributed by atoms with Gasteiger partial charge in [-0.1, -0.05) is 72.8 Å². The number of benzene rings is 4. The zero-order chi connectivity index (χ0) is 24.5. The molecule has 0 heterocycles. The second kappa shape index (κ2) is 9.65. The van der Waals surface area contributed by atoms with E-state index in [1.807, 2.05) is 48.5 Å². The number of fused-ring (bicyclic) bond motifs is 1. The van der Waals surface area contributed by atoms with Crippen molar-refractivity contribution in [1.29, 1.82) is 0 Å². The molecule has 0 aromatic heterocycles. The SMILES string of the molecule is OCCc1ccc(N=C2C(=Nc3ccc(CCO)cc3)C3c4ccccc4C2c2ccccc23)cc1. The Bertz CT molecular complexity index is 1290. The molecule has 0 saturated heterocycles. The van der Waals surface area contributed by atoms with E-state index < -0.39 is 0 Å². The van der Waals surface area contributed by atoms with Gasteiger partial charge in [0.1, 0.15) is 0 Å². The van der Waals surface area contributed by atoms with E-state index in [-0.39, 0.29) is 25.0 Å². The van der Waals surface area contributed by atoms with Crippen LogP contribution in [0.1, 0.15) is 45.2 Å². The second-order valence-corrected chi connectivity index (χ2v) is 9.40. The van der Waals surface area contributed by atoms with E-state index in [0.29, 0.717) is 12.8 Å². The van der Waals surface area contributed by atoms with Crippen LogP contribution in [-0.4, -0.2) is 34.9 Å². The maximum absolute atomic E-state index is 9.27. The third kappa shape index (κ3) is 3.98. The van der Waals surface area contributed by atoms with Gasteiger partial charge in [-0.05, 0) is 70.5 Å². The lowest BCUT2D eigenvalue weighted by Crippen LogP contribution is -2.40. The molecule has 3 aliphatic carbocycles. The Kier molecular flexibility index (Phi) is 6.06. The number of nitrogens with zero attached hydrogens (tertiary/aromatic N) is 2. The smallest absolute Gasteiger partial charge is 0.0754 e. The number of hydrogen-bond acceptors (Lipinski definition) is 4. The van der Waals surface area contributed by atoms with Gasteiger partial charge in [-0.25, -0.2) is 0 Å². The number of aliphatic hydroxyl groups is 2. The molecule has 2 N–H and O–H groups in total. The van der Waals surface area contributed by atoms with E-state index in [9.17, 15) is 10.2 Å². The van der Waals surface area contributed by atoms with Gasteiger partial charge in [0.25, 0.3) is 0 Å². The Morgan fingerprint density at radius 1 is 0.472 bits per heavy atom. The maximum atomic E-state index is 9.27. The predicted molar refractivity (Wildman–Crippen MR) is 145 cm³/mol. The van der Waals surface area contributed by atoms with Crippen molar-refractivity contribution in [3.05, 3.63) is 130 Å². The largest absolute Gasteiger partial charge is 0.396 e. The molecule has 0 spiro atoms. The molecule has 0 fully saturated rings. The Balaban J connectivity index is 1.54. The van der Waals surface area contributed by atoms with Gasteiger partial charge >= 0.3 is 0 Å². The summed E-state index contributed by atoms with van der Waals surface area (Å²) in [7, 11) is 0. The van der Waals surface area contributed by atoms with Gasteiger partial charge in [0.15, 0.2) is 0 Å². The lowest BCUT2D eigenvalue weighted by Gasteiger charge is -2.42.